The van der Waals surface area contributed by atoms with Crippen LogP contribution in [0.1, 0.15) is 22.2 Å². The van der Waals surface area contributed by atoms with E-state index in [0.717, 1.165) is 16.7 Å². The zero-order valence-electron chi connectivity index (χ0n) is 15.4. The highest BCUT2D eigenvalue weighted by Gasteiger charge is 2.19. The summed E-state index contributed by atoms with van der Waals surface area (Å²) in [6.07, 6.45) is 0. The fourth-order valence-electron chi connectivity index (χ4n) is 2.56. The molecule has 0 aliphatic heterocycles. The van der Waals surface area contributed by atoms with E-state index in [-0.39, 0.29) is 4.90 Å². The van der Waals surface area contributed by atoms with Gasteiger partial charge < -0.3 is 4.74 Å². The lowest BCUT2D eigenvalue weighted by atomic mass is 10.1. The number of sulfonamides is 1. The maximum absolute atomic E-state index is 12.5. The number of hydrazine groups is 1. The molecule has 2 aromatic carbocycles. The Morgan fingerprint density at radius 2 is 1.71 bits per heavy atom. The Labute approximate surface area is 168 Å². The molecule has 1 heterocycles. The lowest BCUT2D eigenvalue weighted by Crippen LogP contribution is -2.41. The van der Waals surface area contributed by atoms with E-state index in [4.69, 9.17) is 4.74 Å². The molecule has 1 amide bonds. The minimum absolute atomic E-state index is 0.0289. The van der Waals surface area contributed by atoms with Gasteiger partial charge in [-0.25, -0.2) is 8.42 Å². The molecule has 1 aromatic heterocycles. The van der Waals surface area contributed by atoms with E-state index in [0.29, 0.717) is 17.2 Å². The standard InChI is InChI=1S/C20H20N2O4S2/c1-3-26-16-8-10-17(11-9-16)28(24,25)22-21-20(23)19-18(12-13-27-19)15-6-4-14(2)5-7-15/h4-13,22H,3H2,1-2H3,(H,21,23). The van der Waals surface area contributed by atoms with Gasteiger partial charge in [0.15, 0.2) is 0 Å². The summed E-state index contributed by atoms with van der Waals surface area (Å²) in [6, 6.07) is 15.6. The van der Waals surface area contributed by atoms with Crippen LogP contribution in [-0.4, -0.2) is 20.9 Å². The second-order valence-electron chi connectivity index (χ2n) is 5.99. The Bertz CT molecular complexity index is 1060. The highest BCUT2D eigenvalue weighted by Crippen LogP contribution is 2.28. The molecule has 6 nitrogen and oxygen atoms in total. The topological polar surface area (TPSA) is 84.5 Å². The molecule has 0 radical (unpaired) electrons. The SMILES string of the molecule is CCOc1ccc(S(=O)(=O)NNC(=O)c2sccc2-c2ccc(C)cc2)cc1. The first-order chi connectivity index (χ1) is 13.4. The quantitative estimate of drug-likeness (QED) is 0.575. The second-order valence-corrected chi connectivity index (χ2v) is 8.59. The molecule has 0 saturated heterocycles. The number of amides is 1. The highest BCUT2D eigenvalue weighted by atomic mass is 32.2. The van der Waals surface area contributed by atoms with E-state index in [1.807, 2.05) is 44.2 Å². The average molecular weight is 417 g/mol. The first kappa shape index (κ1) is 20.1. The Morgan fingerprint density at radius 1 is 1.04 bits per heavy atom. The zero-order valence-corrected chi connectivity index (χ0v) is 17.1. The molecule has 3 aromatic rings. The van der Waals surface area contributed by atoms with Crippen LogP contribution < -0.4 is 15.0 Å². The van der Waals surface area contributed by atoms with E-state index >= 15 is 0 Å². The van der Waals surface area contributed by atoms with Crippen LogP contribution in [0.2, 0.25) is 0 Å². The van der Waals surface area contributed by atoms with Crippen LogP contribution in [0.25, 0.3) is 11.1 Å². The molecule has 2 N–H and O–H groups in total. The number of nitrogens with one attached hydrogen (secondary N) is 2. The minimum atomic E-state index is -3.89. The fourth-order valence-corrected chi connectivity index (χ4v) is 4.21. The number of benzene rings is 2. The van der Waals surface area contributed by atoms with Gasteiger partial charge in [-0.2, -0.15) is 0 Å². The molecular formula is C20H20N2O4S2. The lowest BCUT2D eigenvalue weighted by molar-refractivity contribution is 0.0950. The molecule has 0 unspecified atom stereocenters. The van der Waals surface area contributed by atoms with Crippen LogP contribution in [0.3, 0.4) is 0 Å². The molecule has 0 atom stereocenters. The molecule has 0 spiro atoms. The first-order valence-corrected chi connectivity index (χ1v) is 11.0. The van der Waals surface area contributed by atoms with E-state index in [1.165, 1.54) is 23.5 Å². The lowest BCUT2D eigenvalue weighted by Gasteiger charge is -2.10. The summed E-state index contributed by atoms with van der Waals surface area (Å²) in [6.45, 7) is 4.32. The number of hydrogen-bond donors (Lipinski definition) is 2. The van der Waals surface area contributed by atoms with Crippen LogP contribution in [0.15, 0.2) is 64.9 Å². The maximum atomic E-state index is 12.5. The first-order valence-electron chi connectivity index (χ1n) is 8.60. The summed E-state index contributed by atoms with van der Waals surface area (Å²) in [5.41, 5.74) is 5.05. The molecular weight excluding hydrogens is 396 g/mol. The third-order valence-corrected chi connectivity index (χ3v) is 6.15. The van der Waals surface area contributed by atoms with Gasteiger partial charge in [-0.1, -0.05) is 29.8 Å². The normalized spacial score (nSPS) is 11.2. The van der Waals surface area contributed by atoms with Crippen molar-refractivity contribution in [3.05, 3.63) is 70.4 Å². The number of hydrogen-bond acceptors (Lipinski definition) is 5. The molecule has 0 aliphatic rings. The van der Waals surface area contributed by atoms with Crippen LogP contribution in [-0.2, 0) is 10.0 Å². The largest absolute Gasteiger partial charge is 0.494 e. The summed E-state index contributed by atoms with van der Waals surface area (Å²) in [5, 5.41) is 1.80. The number of carbonyl (C=O) groups is 1. The van der Waals surface area contributed by atoms with E-state index in [1.54, 1.807) is 17.5 Å². The van der Waals surface area contributed by atoms with Crippen molar-refractivity contribution in [2.45, 2.75) is 18.7 Å². The Balaban J connectivity index is 1.72. The number of rotatable bonds is 7. The smallest absolute Gasteiger partial charge is 0.276 e. The van der Waals surface area contributed by atoms with Gasteiger partial charge in [0.25, 0.3) is 15.9 Å². The van der Waals surface area contributed by atoms with Crippen LogP contribution in [0.4, 0.5) is 0 Å². The van der Waals surface area contributed by atoms with Crippen LogP contribution >= 0.6 is 11.3 Å². The minimum Gasteiger partial charge on any atom is -0.494 e. The van der Waals surface area contributed by atoms with Gasteiger partial charge in [-0.05, 0) is 55.1 Å². The number of thiophene rings is 1. The molecule has 28 heavy (non-hydrogen) atoms. The predicted molar refractivity (Wildman–Crippen MR) is 110 cm³/mol. The van der Waals surface area contributed by atoms with Gasteiger partial charge in [0.2, 0.25) is 0 Å². The predicted octanol–water partition coefficient (Wildman–Crippen LogP) is 3.75. The van der Waals surface area contributed by atoms with Crippen molar-refractivity contribution in [2.24, 2.45) is 0 Å². The third-order valence-electron chi connectivity index (χ3n) is 3.98. The Hall–Kier alpha value is -2.68. The van der Waals surface area contributed by atoms with Gasteiger partial charge in [0, 0.05) is 5.56 Å². The van der Waals surface area contributed by atoms with Gasteiger partial charge in [0.1, 0.15) is 10.6 Å². The van der Waals surface area contributed by atoms with Crippen LogP contribution in [0, 0.1) is 6.92 Å². The van der Waals surface area contributed by atoms with Crippen molar-refractivity contribution in [1.29, 1.82) is 0 Å². The second kappa shape index (κ2) is 8.55. The monoisotopic (exact) mass is 416 g/mol. The summed E-state index contributed by atoms with van der Waals surface area (Å²) in [5.74, 6) is 0.0619. The summed E-state index contributed by atoms with van der Waals surface area (Å²) in [7, 11) is -3.89. The van der Waals surface area contributed by atoms with E-state index in [2.05, 4.69) is 10.3 Å². The van der Waals surface area contributed by atoms with Crippen molar-refractivity contribution >= 4 is 27.3 Å². The van der Waals surface area contributed by atoms with E-state index in [9.17, 15) is 13.2 Å². The van der Waals surface area contributed by atoms with Gasteiger partial charge in [0.05, 0.1) is 11.5 Å². The van der Waals surface area contributed by atoms with E-state index < -0.39 is 15.9 Å². The molecule has 146 valence electrons. The summed E-state index contributed by atoms with van der Waals surface area (Å²) in [4.78, 5) is 15.1. The zero-order chi connectivity index (χ0) is 20.1. The number of ether oxygens (including phenoxy) is 1. The molecule has 0 fully saturated rings. The van der Waals surface area contributed by atoms with Crippen molar-refractivity contribution in [1.82, 2.24) is 10.3 Å². The third kappa shape index (κ3) is 4.59. The molecule has 0 aliphatic carbocycles. The molecule has 0 saturated carbocycles. The van der Waals surface area contributed by atoms with Crippen molar-refractivity contribution in [3.8, 4) is 16.9 Å². The van der Waals surface area contributed by atoms with Crippen LogP contribution in [0.5, 0.6) is 5.75 Å². The summed E-state index contributed by atoms with van der Waals surface area (Å²) >= 11 is 1.25. The number of carbonyl (C=O) groups excluding carboxylic acids is 1. The van der Waals surface area contributed by atoms with Gasteiger partial charge >= 0.3 is 0 Å². The van der Waals surface area contributed by atoms with Gasteiger partial charge in [-0.15, -0.1) is 16.2 Å². The molecule has 3 rings (SSSR count). The number of aryl methyl sites for hydroxylation is 1. The maximum Gasteiger partial charge on any atom is 0.276 e. The molecule has 0 bridgehead atoms. The van der Waals surface area contributed by atoms with Crippen molar-refractivity contribution in [3.63, 3.8) is 0 Å². The molecule has 8 heteroatoms. The highest BCUT2D eigenvalue weighted by molar-refractivity contribution is 7.89. The fraction of sp³-hybridized carbons (Fsp3) is 0.150. The summed E-state index contributed by atoms with van der Waals surface area (Å²) < 4.78 is 30.1. The average Bonchev–Trinajstić information content (AvgIpc) is 3.17. The Morgan fingerprint density at radius 3 is 2.36 bits per heavy atom. The van der Waals surface area contributed by atoms with Gasteiger partial charge in [-0.3, -0.25) is 10.2 Å². The van der Waals surface area contributed by atoms with Crippen molar-refractivity contribution < 1.29 is 17.9 Å². The Kier molecular flexibility index (Phi) is 6.13. The van der Waals surface area contributed by atoms with Crippen molar-refractivity contribution in [2.75, 3.05) is 6.61 Å².